The van der Waals surface area contributed by atoms with Gasteiger partial charge in [-0.25, -0.2) is 0 Å². The van der Waals surface area contributed by atoms with Gasteiger partial charge in [-0.05, 0) is 91.0 Å². The first kappa shape index (κ1) is 37.6. The first-order valence-electron chi connectivity index (χ1n) is 23.6. The summed E-state index contributed by atoms with van der Waals surface area (Å²) < 4.78 is 15.1. The zero-order valence-corrected chi connectivity index (χ0v) is 39.5. The van der Waals surface area contributed by atoms with Crippen molar-refractivity contribution in [2.75, 3.05) is 0 Å². The lowest BCUT2D eigenvalue weighted by atomic mass is 10.1. The summed E-state index contributed by atoms with van der Waals surface area (Å²) in [5.41, 5.74) is 9.68. The average molecular weight is 944 g/mol. The van der Waals surface area contributed by atoms with Crippen molar-refractivity contribution in [2.45, 2.75) is 0 Å². The molecule has 17 aromatic rings. The molecule has 5 nitrogen and oxygen atoms in total. The monoisotopic (exact) mass is 943 g/mol. The Labute approximate surface area is 409 Å². The second-order valence-electron chi connectivity index (χ2n) is 18.5. The van der Waals surface area contributed by atoms with Crippen LogP contribution in [0.3, 0.4) is 0 Å². The summed E-state index contributed by atoms with van der Waals surface area (Å²) in [6.07, 6.45) is 0. The molecule has 0 saturated heterocycles. The van der Waals surface area contributed by atoms with Crippen LogP contribution < -0.4 is 0 Å². The number of aromatic nitrogens is 5. The minimum Gasteiger partial charge on any atom is -0.309 e. The van der Waals surface area contributed by atoms with Gasteiger partial charge >= 0.3 is 0 Å². The van der Waals surface area contributed by atoms with Gasteiger partial charge in [0.25, 0.3) is 0 Å². The van der Waals surface area contributed by atoms with Crippen LogP contribution in [0.15, 0.2) is 200 Å². The first-order chi connectivity index (χ1) is 34.7. The van der Waals surface area contributed by atoms with E-state index in [1.54, 1.807) is 0 Å². The van der Waals surface area contributed by atoms with Gasteiger partial charge in [0.2, 0.25) is 0 Å². The van der Waals surface area contributed by atoms with E-state index in [-0.39, 0.29) is 0 Å². The molecule has 17 rings (SSSR count). The van der Waals surface area contributed by atoms with Crippen molar-refractivity contribution < 1.29 is 0 Å². The summed E-state index contributed by atoms with van der Waals surface area (Å²) >= 11 is 5.60. The van der Waals surface area contributed by atoms with E-state index >= 15 is 0 Å². The third kappa shape index (κ3) is 4.94. The molecule has 0 saturated carbocycles. The van der Waals surface area contributed by atoms with E-state index in [1.165, 1.54) is 104 Å². The molecule has 0 N–H and O–H groups in total. The van der Waals surface area contributed by atoms with Gasteiger partial charge in [-0.15, -0.1) is 44.2 Å². The maximum atomic E-state index is 5.39. The molecular formula is C62H33N5S3. The molecule has 0 radical (unpaired) electrons. The van der Waals surface area contributed by atoms with Crippen LogP contribution in [0.1, 0.15) is 0 Å². The minimum atomic E-state index is 0.779. The normalized spacial score (nSPS) is 12.6. The molecule has 0 spiro atoms. The molecule has 8 heteroatoms. The number of fused-ring (bicyclic) bond motifs is 19. The molecule has 0 amide bonds. The summed E-state index contributed by atoms with van der Waals surface area (Å²) in [6, 6.07) is 74.2. The third-order valence-corrected chi connectivity index (χ3v) is 18.3. The lowest BCUT2D eigenvalue weighted by Crippen LogP contribution is -2.09. The van der Waals surface area contributed by atoms with E-state index in [1.807, 2.05) is 34.0 Å². The van der Waals surface area contributed by atoms with E-state index in [0.29, 0.717) is 0 Å². The minimum absolute atomic E-state index is 0.779. The number of hydrogen-bond acceptors (Lipinski definition) is 5. The Hall–Kier alpha value is -8.40. The van der Waals surface area contributed by atoms with E-state index in [9.17, 15) is 0 Å². The van der Waals surface area contributed by atoms with Crippen LogP contribution in [-0.2, 0) is 0 Å². The van der Waals surface area contributed by atoms with E-state index in [0.717, 1.165) is 50.2 Å². The van der Waals surface area contributed by atoms with Crippen LogP contribution in [-0.4, -0.2) is 23.9 Å². The smallest absolute Gasteiger partial charge is 0.185 e. The van der Waals surface area contributed by atoms with Gasteiger partial charge in [-0.1, -0.05) is 109 Å². The molecule has 70 heavy (non-hydrogen) atoms. The highest BCUT2D eigenvalue weighted by Crippen LogP contribution is 2.47. The van der Waals surface area contributed by atoms with Crippen molar-refractivity contribution in [1.29, 1.82) is 0 Å². The maximum Gasteiger partial charge on any atom is 0.185 e. The van der Waals surface area contributed by atoms with Gasteiger partial charge in [-0.3, -0.25) is 4.57 Å². The molecular weight excluding hydrogens is 911 g/mol. The Kier molecular flexibility index (Phi) is 7.32. The number of para-hydroxylation sites is 3. The molecule has 0 atom stereocenters. The lowest BCUT2D eigenvalue weighted by molar-refractivity contribution is 0.955. The highest BCUT2D eigenvalue weighted by molar-refractivity contribution is 7.26. The van der Waals surface area contributed by atoms with Crippen molar-refractivity contribution in [3.05, 3.63) is 200 Å². The van der Waals surface area contributed by atoms with Gasteiger partial charge in [0.1, 0.15) is 5.69 Å². The highest BCUT2D eigenvalue weighted by atomic mass is 32.1. The second kappa shape index (κ2) is 13.6. The fourth-order valence-corrected chi connectivity index (χ4v) is 15.3. The SMILES string of the molecule is c1ccc2c(c1)sc1cc3c4ccccc4n(-c4ccc5nnc(-n6c7ccccc7c7cc8sc9ccccc9c8cc76)c(-n6c7ccccc7c7cc8sc9ccccc9c8cc76)c5c4)c3cc12. The predicted molar refractivity (Wildman–Crippen MR) is 301 cm³/mol. The maximum absolute atomic E-state index is 5.39. The fraction of sp³-hybridized carbons (Fsp3) is 0. The van der Waals surface area contributed by atoms with Gasteiger partial charge in [0, 0.05) is 104 Å². The fourth-order valence-electron chi connectivity index (χ4n) is 11.9. The highest BCUT2D eigenvalue weighted by Gasteiger charge is 2.26. The number of benzene rings is 10. The van der Waals surface area contributed by atoms with Gasteiger partial charge in [-0.2, -0.15) is 0 Å². The number of thiophene rings is 3. The summed E-state index contributed by atoms with van der Waals surface area (Å²) in [5.74, 6) is 0.779. The van der Waals surface area contributed by atoms with Crippen molar-refractivity contribution in [3.63, 3.8) is 0 Å². The Bertz CT molecular complexity index is 5150. The molecule has 0 fully saturated rings. The summed E-state index contributed by atoms with van der Waals surface area (Å²) in [5, 5.41) is 26.5. The Morgan fingerprint density at radius 2 is 0.657 bits per heavy atom. The van der Waals surface area contributed by atoms with Gasteiger partial charge in [0.05, 0.1) is 38.6 Å². The summed E-state index contributed by atoms with van der Waals surface area (Å²) in [7, 11) is 0. The van der Waals surface area contributed by atoms with Crippen molar-refractivity contribution in [3.8, 4) is 17.2 Å². The largest absolute Gasteiger partial charge is 0.309 e. The molecule has 324 valence electrons. The molecule has 0 aliphatic heterocycles. The molecule has 0 bridgehead atoms. The van der Waals surface area contributed by atoms with Gasteiger partial charge in [0.15, 0.2) is 5.82 Å². The first-order valence-corrected chi connectivity index (χ1v) is 26.0. The van der Waals surface area contributed by atoms with Crippen LogP contribution in [0.25, 0.3) is 154 Å². The molecule has 0 aliphatic rings. The van der Waals surface area contributed by atoms with Crippen molar-refractivity contribution >= 4 is 171 Å². The van der Waals surface area contributed by atoms with E-state index in [4.69, 9.17) is 10.2 Å². The molecule has 7 aromatic heterocycles. The predicted octanol–water partition coefficient (Wildman–Crippen LogP) is 18.0. The van der Waals surface area contributed by atoms with Crippen LogP contribution >= 0.6 is 34.0 Å². The van der Waals surface area contributed by atoms with Crippen molar-refractivity contribution in [1.82, 2.24) is 23.9 Å². The number of hydrogen-bond donors (Lipinski definition) is 0. The quantitative estimate of drug-likeness (QED) is 0.177. The lowest BCUT2D eigenvalue weighted by Gasteiger charge is -2.18. The van der Waals surface area contributed by atoms with Crippen LogP contribution in [0.5, 0.6) is 0 Å². The topological polar surface area (TPSA) is 40.6 Å². The van der Waals surface area contributed by atoms with Crippen LogP contribution in [0.4, 0.5) is 0 Å². The number of rotatable bonds is 3. The van der Waals surface area contributed by atoms with Crippen LogP contribution in [0.2, 0.25) is 0 Å². The third-order valence-electron chi connectivity index (χ3n) is 14.9. The summed E-state index contributed by atoms with van der Waals surface area (Å²) in [4.78, 5) is 0. The standard InChI is InChI=1S/C62H33N5S3/c1-7-19-49-35(13-1)41-31-58-44(38-16-4-10-22-55(38)68-58)28-52(41)65(49)34-25-26-48-47(27-34)61(66-50-20-8-2-14-36(50)42-32-59-45(29-53(42)66)39-17-5-11-23-56(39)69-59)62(64-63-48)67-51-21-9-3-15-37(51)43-33-60-46(30-54(43)67)40-18-6-12-24-57(40)70-60/h1-33H. The van der Waals surface area contributed by atoms with Crippen LogP contribution in [0, 0.1) is 0 Å². The molecule has 7 heterocycles. The second-order valence-corrected chi connectivity index (χ2v) is 21.8. The van der Waals surface area contributed by atoms with E-state index in [2.05, 4.69) is 214 Å². The van der Waals surface area contributed by atoms with E-state index < -0.39 is 0 Å². The molecule has 10 aromatic carbocycles. The zero-order chi connectivity index (χ0) is 45.3. The zero-order valence-electron chi connectivity index (χ0n) is 37.0. The molecule has 0 aliphatic carbocycles. The average Bonchev–Trinajstić information content (AvgIpc) is 4.25. The van der Waals surface area contributed by atoms with Gasteiger partial charge < -0.3 is 9.13 Å². The molecule has 0 unspecified atom stereocenters. The Balaban J connectivity index is 1.05. The van der Waals surface area contributed by atoms with Crippen molar-refractivity contribution in [2.24, 2.45) is 0 Å². The Morgan fingerprint density at radius 1 is 0.257 bits per heavy atom. The Morgan fingerprint density at radius 3 is 1.16 bits per heavy atom. The summed E-state index contributed by atoms with van der Waals surface area (Å²) in [6.45, 7) is 0. The number of nitrogens with zero attached hydrogens (tertiary/aromatic N) is 5.